The van der Waals surface area contributed by atoms with E-state index < -0.39 is 28.6 Å². The van der Waals surface area contributed by atoms with E-state index in [1.807, 2.05) is 18.0 Å². The molecule has 0 radical (unpaired) electrons. The zero-order valence-electron chi connectivity index (χ0n) is 28.6. The Hall–Kier alpha value is -3.34. The standard InChI is InChI=1S/C36H44F3N7O2S/c1-20-6-7-21(8-13-47-20)15-35(11-12-35)19-48-34-43-29-23(33(44-34)46(4)18-36(45(2)3)9-5-10-36)17-42-30(28(29)39)27-24(37)14-25(38)31-26(27)22(16-40)32(41)49-31/h14,17,20-21,26,31H,5-13,15,18-19,41H2,1-4H3/t20-,21?,26?,31?/m1/s1. The highest BCUT2D eigenvalue weighted by Gasteiger charge is 2.47. The molecule has 262 valence electrons. The molecule has 2 aromatic rings. The van der Waals surface area contributed by atoms with Crippen molar-refractivity contribution >= 4 is 34.1 Å². The summed E-state index contributed by atoms with van der Waals surface area (Å²) in [5.74, 6) is -2.74. The zero-order valence-corrected chi connectivity index (χ0v) is 29.4. The van der Waals surface area contributed by atoms with Gasteiger partial charge in [0.25, 0.3) is 0 Å². The van der Waals surface area contributed by atoms with Crippen LogP contribution in [-0.2, 0) is 4.74 Å². The van der Waals surface area contributed by atoms with Gasteiger partial charge in [-0.2, -0.15) is 15.2 Å². The van der Waals surface area contributed by atoms with Crippen molar-refractivity contribution in [2.45, 2.75) is 81.6 Å². The molecular weight excluding hydrogens is 652 g/mol. The lowest BCUT2D eigenvalue weighted by Crippen LogP contribution is -2.56. The lowest BCUT2D eigenvalue weighted by Gasteiger charge is -2.49. The van der Waals surface area contributed by atoms with Crippen molar-refractivity contribution in [1.29, 1.82) is 5.26 Å². The average molecular weight is 696 g/mol. The number of anilines is 1. The SMILES string of the molecule is C[C@@H]1CCC(CC2(COc3nc(N(C)CC4(N(C)C)CCC4)c4cnc(C5=C(F)C=C(F)C6SC(N)=C(C#N)C56)c(F)c4n3)CC2)CCO1. The number of nitriles is 1. The summed E-state index contributed by atoms with van der Waals surface area (Å²) in [4.78, 5) is 18.0. The summed E-state index contributed by atoms with van der Waals surface area (Å²) in [7, 11) is 6.05. The zero-order chi connectivity index (χ0) is 34.7. The number of hydrogen-bond donors (Lipinski definition) is 1. The quantitative estimate of drug-likeness (QED) is 0.284. The number of ether oxygens (including phenoxy) is 2. The smallest absolute Gasteiger partial charge is 0.319 e. The molecule has 13 heteroatoms. The third-order valence-corrected chi connectivity index (χ3v) is 12.7. The third-order valence-electron chi connectivity index (χ3n) is 11.5. The Morgan fingerprint density at radius 2 is 1.90 bits per heavy atom. The van der Waals surface area contributed by atoms with Crippen LogP contribution in [0.5, 0.6) is 6.01 Å². The first-order valence-electron chi connectivity index (χ1n) is 17.3. The Kier molecular flexibility index (Phi) is 9.11. The monoisotopic (exact) mass is 695 g/mol. The molecule has 3 aliphatic carbocycles. The number of nitrogens with zero attached hydrogens (tertiary/aromatic N) is 6. The Bertz CT molecular complexity index is 1780. The number of thioether (sulfide) groups is 1. The summed E-state index contributed by atoms with van der Waals surface area (Å²) in [6.07, 6.45) is 12.0. The van der Waals surface area contributed by atoms with Gasteiger partial charge in [0.1, 0.15) is 28.7 Å². The largest absolute Gasteiger partial charge is 0.463 e. The summed E-state index contributed by atoms with van der Waals surface area (Å²) in [6.45, 7) is 3.95. The summed E-state index contributed by atoms with van der Waals surface area (Å²) >= 11 is 0.930. The van der Waals surface area contributed by atoms with Crippen molar-refractivity contribution in [2.24, 2.45) is 23.0 Å². The molecule has 2 aliphatic heterocycles. The Morgan fingerprint density at radius 1 is 1.12 bits per heavy atom. The summed E-state index contributed by atoms with van der Waals surface area (Å²) in [6, 6.07) is 2.03. The van der Waals surface area contributed by atoms with Crippen molar-refractivity contribution in [3.05, 3.63) is 46.0 Å². The van der Waals surface area contributed by atoms with Gasteiger partial charge in [-0.3, -0.25) is 4.98 Å². The molecule has 0 amide bonds. The van der Waals surface area contributed by atoms with Crippen LogP contribution in [0.4, 0.5) is 19.0 Å². The molecule has 0 aromatic carbocycles. The lowest BCUT2D eigenvalue weighted by atomic mass is 9.75. The molecule has 7 rings (SSSR count). The number of aromatic nitrogens is 3. The first kappa shape index (κ1) is 34.1. The van der Waals surface area contributed by atoms with E-state index in [1.54, 1.807) is 0 Å². The topological polar surface area (TPSA) is 113 Å². The fourth-order valence-electron chi connectivity index (χ4n) is 8.06. The minimum absolute atomic E-state index is 0.00395. The second kappa shape index (κ2) is 13.1. The van der Waals surface area contributed by atoms with Gasteiger partial charge < -0.3 is 25.0 Å². The highest BCUT2D eigenvalue weighted by Crippen LogP contribution is 2.54. The number of nitrogens with two attached hydrogens (primary N) is 1. The van der Waals surface area contributed by atoms with E-state index in [0.29, 0.717) is 30.3 Å². The van der Waals surface area contributed by atoms with E-state index in [9.17, 15) is 9.65 Å². The maximum atomic E-state index is 16.8. The molecule has 3 fully saturated rings. The number of pyridine rings is 1. The van der Waals surface area contributed by atoms with Gasteiger partial charge in [0.15, 0.2) is 5.82 Å². The summed E-state index contributed by atoms with van der Waals surface area (Å²) in [5.41, 5.74) is 5.38. The highest BCUT2D eigenvalue weighted by molar-refractivity contribution is 8.04. The van der Waals surface area contributed by atoms with Crippen molar-refractivity contribution in [3.63, 3.8) is 0 Å². The van der Waals surface area contributed by atoms with Crippen LogP contribution < -0.4 is 15.4 Å². The van der Waals surface area contributed by atoms with Gasteiger partial charge >= 0.3 is 6.01 Å². The Labute approximate surface area is 289 Å². The number of rotatable bonds is 10. The Morgan fingerprint density at radius 3 is 2.57 bits per heavy atom. The van der Waals surface area contributed by atoms with Gasteiger partial charge in [-0.05, 0) is 84.7 Å². The summed E-state index contributed by atoms with van der Waals surface area (Å²) < 4.78 is 59.6. The van der Waals surface area contributed by atoms with E-state index >= 15 is 8.78 Å². The van der Waals surface area contributed by atoms with Crippen molar-refractivity contribution in [1.82, 2.24) is 19.9 Å². The lowest BCUT2D eigenvalue weighted by molar-refractivity contribution is 0.0682. The van der Waals surface area contributed by atoms with Crippen molar-refractivity contribution in [3.8, 4) is 12.1 Å². The van der Waals surface area contributed by atoms with Gasteiger partial charge in [-0.1, -0.05) is 11.8 Å². The fourth-order valence-corrected chi connectivity index (χ4v) is 9.23. The molecule has 4 heterocycles. The van der Waals surface area contributed by atoms with E-state index in [-0.39, 0.29) is 50.5 Å². The molecule has 3 unspecified atom stereocenters. The molecule has 2 aromatic heterocycles. The van der Waals surface area contributed by atoms with Crippen LogP contribution in [0, 0.1) is 34.4 Å². The van der Waals surface area contributed by atoms with Gasteiger partial charge in [-0.25, -0.2) is 13.2 Å². The van der Waals surface area contributed by atoms with E-state index in [2.05, 4.69) is 35.9 Å². The maximum Gasteiger partial charge on any atom is 0.319 e. The average Bonchev–Trinajstić information content (AvgIpc) is 3.77. The molecule has 2 N–H and O–H groups in total. The number of allylic oxidation sites excluding steroid dienone is 4. The van der Waals surface area contributed by atoms with Crippen LogP contribution in [0.25, 0.3) is 16.5 Å². The van der Waals surface area contributed by atoms with Gasteiger partial charge in [0.2, 0.25) is 0 Å². The molecule has 2 saturated carbocycles. The van der Waals surface area contributed by atoms with E-state index in [0.717, 1.165) is 82.2 Å². The number of halogens is 3. The van der Waals surface area contributed by atoms with Crippen LogP contribution in [-0.4, -0.2) is 77.6 Å². The molecule has 9 nitrogen and oxygen atoms in total. The molecule has 0 bridgehead atoms. The van der Waals surface area contributed by atoms with E-state index in [4.69, 9.17) is 20.2 Å². The van der Waals surface area contributed by atoms with Crippen LogP contribution in [0.2, 0.25) is 0 Å². The van der Waals surface area contributed by atoms with Crippen LogP contribution in [0.3, 0.4) is 0 Å². The fraction of sp³-hybridized carbons (Fsp3) is 0.611. The number of likely N-dealkylation sites (N-methyl/N-ethyl adjacent to an activating group) is 2. The van der Waals surface area contributed by atoms with Crippen molar-refractivity contribution in [2.75, 3.05) is 45.8 Å². The second-order valence-electron chi connectivity index (χ2n) is 14.9. The number of hydrogen-bond acceptors (Lipinski definition) is 10. The van der Waals surface area contributed by atoms with Crippen LogP contribution >= 0.6 is 11.8 Å². The number of fused-ring (bicyclic) bond motifs is 2. The molecular formula is C36H44F3N7O2S. The first-order valence-corrected chi connectivity index (χ1v) is 18.1. The summed E-state index contributed by atoms with van der Waals surface area (Å²) in [5, 5.41) is 9.31. The highest BCUT2D eigenvalue weighted by atomic mass is 32.2. The molecule has 0 spiro atoms. The Balaban J connectivity index is 1.26. The molecule has 1 saturated heterocycles. The minimum atomic E-state index is -1.12. The second-order valence-corrected chi connectivity index (χ2v) is 16.1. The maximum absolute atomic E-state index is 16.8. The molecule has 49 heavy (non-hydrogen) atoms. The first-order chi connectivity index (χ1) is 23.4. The van der Waals surface area contributed by atoms with Crippen LogP contribution in [0.1, 0.15) is 70.4 Å². The predicted molar refractivity (Wildman–Crippen MR) is 184 cm³/mol. The van der Waals surface area contributed by atoms with Gasteiger partial charge in [-0.15, -0.1) is 0 Å². The minimum Gasteiger partial charge on any atom is -0.463 e. The van der Waals surface area contributed by atoms with E-state index in [1.165, 1.54) is 6.20 Å². The normalized spacial score (nSPS) is 27.4. The van der Waals surface area contributed by atoms with Gasteiger partial charge in [0.05, 0.1) is 40.0 Å². The van der Waals surface area contributed by atoms with Gasteiger partial charge in [0, 0.05) is 54.9 Å². The van der Waals surface area contributed by atoms with Crippen molar-refractivity contribution < 1.29 is 22.6 Å². The predicted octanol–water partition coefficient (Wildman–Crippen LogP) is 6.81. The molecule has 4 atom stereocenters. The third kappa shape index (κ3) is 6.29. The van der Waals surface area contributed by atoms with Crippen LogP contribution in [0.15, 0.2) is 34.5 Å². The molecule has 5 aliphatic rings.